The number of aromatic amines is 1. The molecule has 0 radical (unpaired) electrons. The summed E-state index contributed by atoms with van der Waals surface area (Å²) in [6, 6.07) is 5.94. The van der Waals surface area contributed by atoms with Gasteiger partial charge in [0, 0.05) is 11.7 Å². The van der Waals surface area contributed by atoms with Crippen LogP contribution in [0, 0.1) is 12.5 Å². The minimum atomic E-state index is 0.575. The molecule has 1 heterocycles. The van der Waals surface area contributed by atoms with E-state index in [9.17, 15) is 0 Å². The van der Waals surface area contributed by atoms with Crippen molar-refractivity contribution in [3.05, 3.63) is 41.4 Å². The molecule has 0 aliphatic rings. The molecule has 2 heteroatoms. The third-order valence-electron chi connectivity index (χ3n) is 2.55. The summed E-state index contributed by atoms with van der Waals surface area (Å²) in [5.74, 6) is 0.575. The van der Waals surface area contributed by atoms with Gasteiger partial charge in [-0.3, -0.25) is 0 Å². The summed E-state index contributed by atoms with van der Waals surface area (Å²) < 4.78 is 0. The second-order valence-electron chi connectivity index (χ2n) is 4.21. The monoisotopic (exact) mass is 198 g/mol. The zero-order valence-electron chi connectivity index (χ0n) is 9.04. The van der Waals surface area contributed by atoms with Gasteiger partial charge in [-0.15, -0.1) is 0 Å². The molecule has 2 aromatic rings. The zero-order chi connectivity index (χ0) is 10.8. The van der Waals surface area contributed by atoms with Gasteiger partial charge in [0.05, 0.1) is 6.57 Å². The average molecular weight is 198 g/mol. The number of hydrogen-bond donors (Lipinski definition) is 1. The maximum atomic E-state index is 7.17. The SMILES string of the molecule is [C-]#[N+]c1ccc2[nH]ccc2c1CC(C)C. The molecule has 0 saturated heterocycles. The first-order chi connectivity index (χ1) is 7.22. The molecule has 15 heavy (non-hydrogen) atoms. The Bertz CT molecular complexity index is 515. The predicted octanol–water partition coefficient (Wildman–Crippen LogP) is 3.92. The average Bonchev–Trinajstić information content (AvgIpc) is 2.65. The molecule has 0 amide bonds. The van der Waals surface area contributed by atoms with Crippen molar-refractivity contribution >= 4 is 16.6 Å². The Morgan fingerprint density at radius 2 is 2.13 bits per heavy atom. The molecule has 0 spiro atoms. The summed E-state index contributed by atoms with van der Waals surface area (Å²) in [5.41, 5.74) is 3.09. The van der Waals surface area contributed by atoms with Crippen LogP contribution in [0.5, 0.6) is 0 Å². The third kappa shape index (κ3) is 1.73. The highest BCUT2D eigenvalue weighted by atomic mass is 14.7. The van der Waals surface area contributed by atoms with Gasteiger partial charge in [0.2, 0.25) is 0 Å². The summed E-state index contributed by atoms with van der Waals surface area (Å²) in [6.45, 7) is 11.5. The molecule has 76 valence electrons. The van der Waals surface area contributed by atoms with Crippen LogP contribution in [0.25, 0.3) is 15.7 Å². The number of H-pyrrole nitrogens is 1. The van der Waals surface area contributed by atoms with E-state index < -0.39 is 0 Å². The summed E-state index contributed by atoms with van der Waals surface area (Å²) >= 11 is 0. The van der Waals surface area contributed by atoms with E-state index in [1.807, 2.05) is 18.3 Å². The molecular weight excluding hydrogens is 184 g/mol. The Morgan fingerprint density at radius 3 is 2.80 bits per heavy atom. The minimum absolute atomic E-state index is 0.575. The molecule has 0 aliphatic heterocycles. The van der Waals surface area contributed by atoms with Gasteiger partial charge >= 0.3 is 0 Å². The molecule has 0 atom stereocenters. The Balaban J connectivity index is 2.64. The number of hydrogen-bond acceptors (Lipinski definition) is 0. The van der Waals surface area contributed by atoms with Crippen molar-refractivity contribution in [2.24, 2.45) is 5.92 Å². The topological polar surface area (TPSA) is 20.1 Å². The Hall–Kier alpha value is -1.75. The number of aromatic nitrogens is 1. The molecule has 2 rings (SSSR count). The van der Waals surface area contributed by atoms with Gasteiger partial charge in [-0.1, -0.05) is 19.9 Å². The van der Waals surface area contributed by atoms with Crippen LogP contribution in [0.2, 0.25) is 0 Å². The van der Waals surface area contributed by atoms with Gasteiger partial charge in [0.1, 0.15) is 0 Å². The molecule has 2 nitrogen and oxygen atoms in total. The van der Waals surface area contributed by atoms with Crippen LogP contribution >= 0.6 is 0 Å². The van der Waals surface area contributed by atoms with Crippen molar-refractivity contribution < 1.29 is 0 Å². The highest BCUT2D eigenvalue weighted by Crippen LogP contribution is 2.29. The van der Waals surface area contributed by atoms with E-state index in [-0.39, 0.29) is 0 Å². The van der Waals surface area contributed by atoms with Crippen LogP contribution in [0.3, 0.4) is 0 Å². The molecule has 0 fully saturated rings. The van der Waals surface area contributed by atoms with E-state index in [1.54, 1.807) is 0 Å². The van der Waals surface area contributed by atoms with Crippen LogP contribution in [0.4, 0.5) is 5.69 Å². The summed E-state index contributed by atoms with van der Waals surface area (Å²) in [6.07, 6.45) is 2.90. The van der Waals surface area contributed by atoms with Crippen LogP contribution in [-0.2, 0) is 6.42 Å². The standard InChI is InChI=1S/C13H14N2/c1-9(2)8-11-10-6-7-15-13(10)5-4-12(11)14-3/h4-7,9,15H,8H2,1-2H3. The van der Waals surface area contributed by atoms with Crippen molar-refractivity contribution in [2.45, 2.75) is 20.3 Å². The first-order valence-corrected chi connectivity index (χ1v) is 5.19. The van der Waals surface area contributed by atoms with Gasteiger partial charge in [0.25, 0.3) is 0 Å². The van der Waals surface area contributed by atoms with Crippen molar-refractivity contribution in [3.63, 3.8) is 0 Å². The lowest BCUT2D eigenvalue weighted by atomic mass is 9.98. The lowest BCUT2D eigenvalue weighted by molar-refractivity contribution is 0.651. The first-order valence-electron chi connectivity index (χ1n) is 5.19. The maximum absolute atomic E-state index is 7.17. The molecule has 0 bridgehead atoms. The fraction of sp³-hybridized carbons (Fsp3) is 0.308. The highest BCUT2D eigenvalue weighted by Gasteiger charge is 2.09. The molecule has 1 aromatic carbocycles. The predicted molar refractivity (Wildman–Crippen MR) is 63.1 cm³/mol. The molecular formula is C13H14N2. The number of nitrogens with zero attached hydrogens (tertiary/aromatic N) is 1. The van der Waals surface area contributed by atoms with Crippen molar-refractivity contribution in [2.75, 3.05) is 0 Å². The lowest BCUT2D eigenvalue weighted by Crippen LogP contribution is -1.94. The molecule has 1 N–H and O–H groups in total. The Labute approximate surface area is 89.7 Å². The number of rotatable bonds is 2. The van der Waals surface area contributed by atoms with Gasteiger partial charge in [-0.05, 0) is 35.4 Å². The first kappa shape index (κ1) is 9.79. The van der Waals surface area contributed by atoms with Crippen LogP contribution < -0.4 is 0 Å². The van der Waals surface area contributed by atoms with E-state index in [2.05, 4.69) is 29.7 Å². The van der Waals surface area contributed by atoms with E-state index >= 15 is 0 Å². The van der Waals surface area contributed by atoms with Gasteiger partial charge < -0.3 is 4.98 Å². The van der Waals surface area contributed by atoms with E-state index in [0.29, 0.717) is 5.92 Å². The summed E-state index contributed by atoms with van der Waals surface area (Å²) in [5, 5.41) is 1.19. The zero-order valence-corrected chi connectivity index (χ0v) is 9.04. The van der Waals surface area contributed by atoms with E-state index in [4.69, 9.17) is 6.57 Å². The number of benzene rings is 1. The maximum Gasteiger partial charge on any atom is 0.191 e. The quantitative estimate of drug-likeness (QED) is 0.706. The number of nitrogens with one attached hydrogen (secondary N) is 1. The van der Waals surface area contributed by atoms with E-state index in [0.717, 1.165) is 17.6 Å². The summed E-state index contributed by atoms with van der Waals surface area (Å²) in [7, 11) is 0. The molecule has 1 aromatic heterocycles. The van der Waals surface area contributed by atoms with Crippen LogP contribution in [0.1, 0.15) is 19.4 Å². The second kappa shape index (κ2) is 3.78. The van der Waals surface area contributed by atoms with Crippen molar-refractivity contribution in [3.8, 4) is 0 Å². The van der Waals surface area contributed by atoms with Gasteiger partial charge in [-0.2, -0.15) is 0 Å². The number of fused-ring (bicyclic) bond motifs is 1. The van der Waals surface area contributed by atoms with E-state index in [1.165, 1.54) is 10.9 Å². The molecule has 0 unspecified atom stereocenters. The van der Waals surface area contributed by atoms with Gasteiger partial charge in [-0.25, -0.2) is 4.85 Å². The minimum Gasteiger partial charge on any atom is -0.361 e. The smallest absolute Gasteiger partial charge is 0.191 e. The summed E-state index contributed by atoms with van der Waals surface area (Å²) in [4.78, 5) is 6.77. The fourth-order valence-corrected chi connectivity index (χ4v) is 1.91. The molecule has 0 saturated carbocycles. The van der Waals surface area contributed by atoms with Crippen LogP contribution in [0.15, 0.2) is 24.4 Å². The van der Waals surface area contributed by atoms with Gasteiger partial charge in [0.15, 0.2) is 5.69 Å². The van der Waals surface area contributed by atoms with Crippen LogP contribution in [-0.4, -0.2) is 4.98 Å². The van der Waals surface area contributed by atoms with Crippen molar-refractivity contribution in [1.82, 2.24) is 4.98 Å². The Morgan fingerprint density at radius 1 is 1.33 bits per heavy atom. The lowest BCUT2D eigenvalue weighted by Gasteiger charge is -2.08. The fourth-order valence-electron chi connectivity index (χ4n) is 1.91. The normalized spacial score (nSPS) is 10.8. The third-order valence-corrected chi connectivity index (χ3v) is 2.55. The molecule has 0 aliphatic carbocycles. The largest absolute Gasteiger partial charge is 0.361 e. The Kier molecular flexibility index (Phi) is 2.47. The van der Waals surface area contributed by atoms with Crippen molar-refractivity contribution in [1.29, 1.82) is 0 Å². The highest BCUT2D eigenvalue weighted by molar-refractivity contribution is 5.88. The second-order valence-corrected chi connectivity index (χ2v) is 4.21.